The van der Waals surface area contributed by atoms with Gasteiger partial charge in [0.2, 0.25) is 11.8 Å². The lowest BCUT2D eigenvalue weighted by Gasteiger charge is -2.32. The molecule has 3 aromatic rings. The second-order valence-corrected chi connectivity index (χ2v) is 9.00. The summed E-state index contributed by atoms with van der Waals surface area (Å²) in [4.78, 5) is 28.4. The number of benzene rings is 3. The maximum absolute atomic E-state index is 13.9. The summed E-state index contributed by atoms with van der Waals surface area (Å²) in [6.45, 7) is 4.50. The second kappa shape index (κ2) is 12.6. The van der Waals surface area contributed by atoms with Crippen molar-refractivity contribution in [1.82, 2.24) is 10.2 Å². The van der Waals surface area contributed by atoms with Crippen molar-refractivity contribution in [3.05, 3.63) is 106 Å². The Balaban J connectivity index is 1.97. The maximum atomic E-state index is 13.9. The molecule has 0 aliphatic heterocycles. The summed E-state index contributed by atoms with van der Waals surface area (Å²) >= 11 is 12.5. The largest absolute Gasteiger partial charge is 0.355 e. The molecule has 2 amide bonds. The number of carbonyl (C=O) groups excluding carboxylic acids is 2. The number of nitrogens with one attached hydrogen (secondary N) is 1. The van der Waals surface area contributed by atoms with Gasteiger partial charge in [-0.25, -0.2) is 0 Å². The van der Waals surface area contributed by atoms with E-state index in [4.69, 9.17) is 23.2 Å². The molecule has 3 rings (SSSR count). The third-order valence-corrected chi connectivity index (χ3v) is 6.46. The summed E-state index contributed by atoms with van der Waals surface area (Å²) < 4.78 is 0. The van der Waals surface area contributed by atoms with Crippen molar-refractivity contribution >= 4 is 35.0 Å². The monoisotopic (exact) mass is 496 g/mol. The second-order valence-electron chi connectivity index (χ2n) is 8.15. The maximum Gasteiger partial charge on any atom is 0.242 e. The molecule has 0 bridgehead atoms. The van der Waals surface area contributed by atoms with Crippen molar-refractivity contribution in [2.45, 2.75) is 45.2 Å². The highest BCUT2D eigenvalue weighted by Crippen LogP contribution is 2.30. The minimum atomic E-state index is -0.605. The summed E-state index contributed by atoms with van der Waals surface area (Å²) in [5, 5.41) is 3.87. The van der Waals surface area contributed by atoms with Gasteiger partial charge in [-0.1, -0.05) is 96.9 Å². The van der Waals surface area contributed by atoms with E-state index in [9.17, 15) is 9.59 Å². The van der Waals surface area contributed by atoms with Gasteiger partial charge in [0.1, 0.15) is 6.04 Å². The van der Waals surface area contributed by atoms with E-state index >= 15 is 0 Å². The number of hydrogen-bond donors (Lipinski definition) is 1. The fraction of sp³-hybridized carbons (Fsp3) is 0.286. The van der Waals surface area contributed by atoms with Crippen molar-refractivity contribution in [2.75, 3.05) is 6.54 Å². The molecule has 6 heteroatoms. The van der Waals surface area contributed by atoms with Crippen LogP contribution in [0.2, 0.25) is 10.0 Å². The molecule has 1 atom stereocenters. The van der Waals surface area contributed by atoms with Crippen LogP contribution in [0.25, 0.3) is 0 Å². The number of hydrogen-bond acceptors (Lipinski definition) is 2. The van der Waals surface area contributed by atoms with Crippen LogP contribution < -0.4 is 5.32 Å². The molecular weight excluding hydrogens is 467 g/mol. The number of nitrogens with zero attached hydrogens (tertiary/aromatic N) is 1. The van der Waals surface area contributed by atoms with Crippen LogP contribution in [-0.2, 0) is 16.1 Å². The van der Waals surface area contributed by atoms with Gasteiger partial charge in [-0.3, -0.25) is 9.59 Å². The lowest BCUT2D eigenvalue weighted by Crippen LogP contribution is -2.49. The number of amides is 2. The molecule has 1 N–H and O–H groups in total. The van der Waals surface area contributed by atoms with Gasteiger partial charge in [0, 0.05) is 35.5 Å². The molecule has 0 aliphatic carbocycles. The number of halogens is 2. The Labute approximate surface area is 211 Å². The lowest BCUT2D eigenvalue weighted by molar-refractivity contribution is -0.141. The average molecular weight is 497 g/mol. The molecule has 178 valence electrons. The van der Waals surface area contributed by atoms with Crippen LogP contribution in [0.1, 0.15) is 49.3 Å². The molecule has 0 heterocycles. The predicted octanol–water partition coefficient (Wildman–Crippen LogP) is 6.46. The molecule has 3 aromatic carbocycles. The van der Waals surface area contributed by atoms with E-state index in [0.29, 0.717) is 23.0 Å². The molecule has 4 nitrogen and oxygen atoms in total. The molecule has 0 aromatic heterocycles. The van der Waals surface area contributed by atoms with E-state index in [0.717, 1.165) is 16.7 Å². The Morgan fingerprint density at radius 2 is 1.47 bits per heavy atom. The lowest BCUT2D eigenvalue weighted by atomic mass is 9.88. The minimum Gasteiger partial charge on any atom is -0.355 e. The van der Waals surface area contributed by atoms with Gasteiger partial charge < -0.3 is 10.2 Å². The Bertz CT molecular complexity index is 1050. The van der Waals surface area contributed by atoms with Crippen LogP contribution in [0.5, 0.6) is 0 Å². The van der Waals surface area contributed by atoms with Crippen LogP contribution >= 0.6 is 23.2 Å². The number of carbonyl (C=O) groups is 2. The van der Waals surface area contributed by atoms with E-state index in [2.05, 4.69) is 5.32 Å². The molecule has 0 saturated heterocycles. The smallest absolute Gasteiger partial charge is 0.242 e. The summed E-state index contributed by atoms with van der Waals surface area (Å²) in [7, 11) is 0. The van der Waals surface area contributed by atoms with Gasteiger partial charge in [0.05, 0.1) is 0 Å². The highest BCUT2D eigenvalue weighted by Gasteiger charge is 2.31. The molecule has 0 spiro atoms. The standard InChI is InChI=1S/C28H30Cl2N2O2/c1-3-26(28(34)31-4-2)32(19-22-15-16-23(29)17-25(22)30)27(33)18-24(20-11-7-5-8-12-20)21-13-9-6-10-14-21/h5-17,24,26H,3-4,18-19H2,1-2H3,(H,31,34). The number of rotatable bonds is 10. The SMILES string of the molecule is CCNC(=O)C(CC)N(Cc1ccc(Cl)cc1Cl)C(=O)CC(c1ccccc1)c1ccccc1. The van der Waals surface area contributed by atoms with E-state index < -0.39 is 6.04 Å². The molecule has 1 unspecified atom stereocenters. The van der Waals surface area contributed by atoms with Crippen molar-refractivity contribution in [3.8, 4) is 0 Å². The fourth-order valence-electron chi connectivity index (χ4n) is 4.14. The first-order chi connectivity index (χ1) is 16.4. The Morgan fingerprint density at radius 1 is 0.882 bits per heavy atom. The van der Waals surface area contributed by atoms with Gasteiger partial charge in [-0.05, 0) is 42.2 Å². The minimum absolute atomic E-state index is 0.109. The van der Waals surface area contributed by atoms with E-state index in [1.165, 1.54) is 0 Å². The summed E-state index contributed by atoms with van der Waals surface area (Å²) in [6, 6.07) is 24.6. The third kappa shape index (κ3) is 6.62. The van der Waals surface area contributed by atoms with Gasteiger partial charge in [0.15, 0.2) is 0 Å². The average Bonchev–Trinajstić information content (AvgIpc) is 2.85. The van der Waals surface area contributed by atoms with Crippen molar-refractivity contribution in [2.24, 2.45) is 0 Å². The zero-order valence-corrected chi connectivity index (χ0v) is 21.0. The summed E-state index contributed by atoms with van der Waals surface area (Å²) in [6.07, 6.45) is 0.721. The zero-order chi connectivity index (χ0) is 24.5. The van der Waals surface area contributed by atoms with Gasteiger partial charge >= 0.3 is 0 Å². The third-order valence-electron chi connectivity index (χ3n) is 5.88. The first-order valence-corrected chi connectivity index (χ1v) is 12.3. The summed E-state index contributed by atoms with van der Waals surface area (Å²) in [5.41, 5.74) is 2.85. The highest BCUT2D eigenvalue weighted by atomic mass is 35.5. The Hall–Kier alpha value is -2.82. The topological polar surface area (TPSA) is 49.4 Å². The first-order valence-electron chi connectivity index (χ1n) is 11.6. The van der Waals surface area contributed by atoms with Crippen LogP contribution in [0.3, 0.4) is 0 Å². The van der Waals surface area contributed by atoms with Crippen molar-refractivity contribution in [3.63, 3.8) is 0 Å². The molecule has 0 saturated carbocycles. The van der Waals surface area contributed by atoms with Crippen LogP contribution in [0.4, 0.5) is 0 Å². The highest BCUT2D eigenvalue weighted by molar-refractivity contribution is 6.35. The molecule has 0 fully saturated rings. The van der Waals surface area contributed by atoms with Crippen molar-refractivity contribution in [1.29, 1.82) is 0 Å². The van der Waals surface area contributed by atoms with Gasteiger partial charge in [-0.15, -0.1) is 0 Å². The Morgan fingerprint density at radius 3 is 1.97 bits per heavy atom. The van der Waals surface area contributed by atoms with E-state index in [1.54, 1.807) is 23.1 Å². The van der Waals surface area contributed by atoms with Gasteiger partial charge in [0.25, 0.3) is 0 Å². The molecular formula is C28H30Cl2N2O2. The molecule has 34 heavy (non-hydrogen) atoms. The van der Waals surface area contributed by atoms with Crippen molar-refractivity contribution < 1.29 is 9.59 Å². The first kappa shape index (κ1) is 25.8. The van der Waals surface area contributed by atoms with E-state index in [1.807, 2.05) is 74.5 Å². The zero-order valence-electron chi connectivity index (χ0n) is 19.5. The molecule has 0 radical (unpaired) electrons. The fourth-order valence-corrected chi connectivity index (χ4v) is 4.60. The summed E-state index contributed by atoms with van der Waals surface area (Å²) in [5.74, 6) is -0.411. The van der Waals surface area contributed by atoms with E-state index in [-0.39, 0.29) is 30.7 Å². The Kier molecular flexibility index (Phi) is 9.55. The predicted molar refractivity (Wildman–Crippen MR) is 139 cm³/mol. The van der Waals surface area contributed by atoms with Crippen LogP contribution in [0.15, 0.2) is 78.9 Å². The quantitative estimate of drug-likeness (QED) is 0.350. The number of likely N-dealkylation sites (N-methyl/N-ethyl adjacent to an activating group) is 1. The van der Waals surface area contributed by atoms with Gasteiger partial charge in [-0.2, -0.15) is 0 Å². The normalized spacial score (nSPS) is 11.8. The molecule has 0 aliphatic rings. The van der Waals surface area contributed by atoms with Crippen LogP contribution in [0, 0.1) is 0 Å². The van der Waals surface area contributed by atoms with Crippen LogP contribution in [-0.4, -0.2) is 29.3 Å².